The van der Waals surface area contributed by atoms with E-state index in [-0.39, 0.29) is 0 Å². The van der Waals surface area contributed by atoms with Crippen LogP contribution in [0.5, 0.6) is 0 Å². The van der Waals surface area contributed by atoms with Crippen LogP contribution in [-0.2, 0) is 0 Å². The standard InChI is InChI=1S/C54H35NO/c1-3-16-36(17-4-1)41-21-13-14-27-48(41)55(49-28-15-29-50-53(49)47-35-32-37-18-7-8-22-42(37)54(47)56-50)40-33-30-39(31-34-40)52-46-26-12-10-24-44(46)43-23-9-11-25-45(43)51(52)38-19-5-2-6-20-38/h1-35H. The highest BCUT2D eigenvalue weighted by atomic mass is 16.3. The molecule has 2 heteroatoms. The van der Waals surface area contributed by atoms with E-state index in [1.54, 1.807) is 0 Å². The van der Waals surface area contributed by atoms with Gasteiger partial charge in [-0.2, -0.15) is 0 Å². The molecule has 0 fully saturated rings. The molecular formula is C54H35NO. The van der Waals surface area contributed by atoms with Crippen LogP contribution in [-0.4, -0.2) is 0 Å². The van der Waals surface area contributed by atoms with Crippen molar-refractivity contribution >= 4 is 71.3 Å². The minimum Gasteiger partial charge on any atom is -0.455 e. The number of benzene rings is 10. The zero-order valence-electron chi connectivity index (χ0n) is 30.6. The summed E-state index contributed by atoms with van der Waals surface area (Å²) < 4.78 is 6.72. The van der Waals surface area contributed by atoms with Crippen molar-refractivity contribution in [1.29, 1.82) is 0 Å². The summed E-state index contributed by atoms with van der Waals surface area (Å²) >= 11 is 0. The lowest BCUT2D eigenvalue weighted by atomic mass is 9.85. The van der Waals surface area contributed by atoms with E-state index in [1.807, 2.05) is 0 Å². The van der Waals surface area contributed by atoms with Gasteiger partial charge < -0.3 is 9.32 Å². The highest BCUT2D eigenvalue weighted by Crippen LogP contribution is 2.49. The average molecular weight is 714 g/mol. The normalized spacial score (nSPS) is 11.6. The zero-order valence-corrected chi connectivity index (χ0v) is 30.6. The molecule has 10 aromatic carbocycles. The summed E-state index contributed by atoms with van der Waals surface area (Å²) in [4.78, 5) is 2.41. The van der Waals surface area contributed by atoms with E-state index >= 15 is 0 Å². The Hall–Kier alpha value is -7.42. The van der Waals surface area contributed by atoms with E-state index < -0.39 is 0 Å². The van der Waals surface area contributed by atoms with Gasteiger partial charge >= 0.3 is 0 Å². The number of rotatable bonds is 6. The number of fused-ring (bicyclic) bond motifs is 8. The average Bonchev–Trinajstić information content (AvgIpc) is 3.67. The maximum absolute atomic E-state index is 6.72. The maximum atomic E-state index is 6.72. The second-order valence-electron chi connectivity index (χ2n) is 14.4. The molecule has 2 nitrogen and oxygen atoms in total. The molecule has 11 rings (SSSR count). The van der Waals surface area contributed by atoms with Crippen molar-refractivity contribution in [3.8, 4) is 33.4 Å². The Morgan fingerprint density at radius 3 is 1.55 bits per heavy atom. The second kappa shape index (κ2) is 13.2. The topological polar surface area (TPSA) is 16.4 Å². The van der Waals surface area contributed by atoms with Crippen LogP contribution in [0.4, 0.5) is 17.1 Å². The molecule has 11 aromatic rings. The Labute approximate surface area is 325 Å². The molecule has 262 valence electrons. The van der Waals surface area contributed by atoms with Gasteiger partial charge in [0.05, 0.1) is 16.8 Å². The van der Waals surface area contributed by atoms with Gasteiger partial charge in [0.25, 0.3) is 0 Å². The van der Waals surface area contributed by atoms with Crippen molar-refractivity contribution in [3.05, 3.63) is 212 Å². The lowest BCUT2D eigenvalue weighted by Crippen LogP contribution is -2.11. The van der Waals surface area contributed by atoms with Gasteiger partial charge in [0.1, 0.15) is 11.2 Å². The molecule has 0 spiro atoms. The third kappa shape index (κ3) is 5.11. The van der Waals surface area contributed by atoms with Crippen molar-refractivity contribution in [2.45, 2.75) is 0 Å². The Morgan fingerprint density at radius 1 is 0.321 bits per heavy atom. The van der Waals surface area contributed by atoms with Crippen LogP contribution in [0.25, 0.3) is 87.6 Å². The Balaban J connectivity index is 1.17. The summed E-state index contributed by atoms with van der Waals surface area (Å²) in [5, 5.41) is 9.48. The molecule has 0 saturated carbocycles. The van der Waals surface area contributed by atoms with Crippen LogP contribution in [0, 0.1) is 0 Å². The fraction of sp³-hybridized carbons (Fsp3) is 0. The molecule has 0 N–H and O–H groups in total. The second-order valence-corrected chi connectivity index (χ2v) is 14.4. The Kier molecular flexibility index (Phi) is 7.53. The summed E-state index contributed by atoms with van der Waals surface area (Å²) in [7, 11) is 0. The van der Waals surface area contributed by atoms with Gasteiger partial charge in [-0.1, -0.05) is 176 Å². The van der Waals surface area contributed by atoms with E-state index in [4.69, 9.17) is 4.42 Å². The van der Waals surface area contributed by atoms with Crippen LogP contribution >= 0.6 is 0 Å². The molecule has 1 heterocycles. The monoisotopic (exact) mass is 713 g/mol. The highest BCUT2D eigenvalue weighted by molar-refractivity contribution is 6.22. The van der Waals surface area contributed by atoms with Gasteiger partial charge in [-0.3, -0.25) is 0 Å². The van der Waals surface area contributed by atoms with Crippen LogP contribution < -0.4 is 4.90 Å². The number of furan rings is 1. The van der Waals surface area contributed by atoms with Crippen molar-refractivity contribution in [2.75, 3.05) is 4.90 Å². The third-order valence-electron chi connectivity index (χ3n) is 11.2. The van der Waals surface area contributed by atoms with Crippen LogP contribution in [0.3, 0.4) is 0 Å². The highest BCUT2D eigenvalue weighted by Gasteiger charge is 2.23. The van der Waals surface area contributed by atoms with Crippen molar-refractivity contribution in [3.63, 3.8) is 0 Å². The molecule has 0 bridgehead atoms. The predicted molar refractivity (Wildman–Crippen MR) is 237 cm³/mol. The van der Waals surface area contributed by atoms with Crippen molar-refractivity contribution in [1.82, 2.24) is 0 Å². The number of nitrogens with zero attached hydrogens (tertiary/aromatic N) is 1. The first kappa shape index (κ1) is 32.0. The van der Waals surface area contributed by atoms with Gasteiger partial charge in [-0.15, -0.1) is 0 Å². The summed E-state index contributed by atoms with van der Waals surface area (Å²) in [5.41, 5.74) is 12.2. The predicted octanol–water partition coefficient (Wildman–Crippen LogP) is 15.5. The van der Waals surface area contributed by atoms with Gasteiger partial charge in [0.2, 0.25) is 0 Å². The molecule has 1 aromatic heterocycles. The largest absolute Gasteiger partial charge is 0.455 e. The summed E-state index contributed by atoms with van der Waals surface area (Å²) in [6, 6.07) is 76.4. The zero-order chi connectivity index (χ0) is 37.0. The number of anilines is 3. The molecule has 0 amide bonds. The van der Waals surface area contributed by atoms with E-state index in [0.717, 1.165) is 55.5 Å². The van der Waals surface area contributed by atoms with Gasteiger partial charge in [-0.05, 0) is 91.1 Å². The maximum Gasteiger partial charge on any atom is 0.143 e. The molecule has 0 atom stereocenters. The fourth-order valence-corrected chi connectivity index (χ4v) is 8.78. The molecule has 0 aliphatic rings. The van der Waals surface area contributed by atoms with Gasteiger partial charge in [-0.25, -0.2) is 0 Å². The number of hydrogen-bond donors (Lipinski definition) is 0. The van der Waals surface area contributed by atoms with E-state index in [0.29, 0.717) is 0 Å². The van der Waals surface area contributed by atoms with E-state index in [9.17, 15) is 0 Å². The first-order valence-electron chi connectivity index (χ1n) is 19.2. The molecule has 0 saturated heterocycles. The van der Waals surface area contributed by atoms with Crippen molar-refractivity contribution in [2.24, 2.45) is 0 Å². The molecule has 0 radical (unpaired) electrons. The Bertz CT molecular complexity index is 3230. The Morgan fingerprint density at radius 2 is 0.857 bits per heavy atom. The summed E-state index contributed by atoms with van der Waals surface area (Å²) in [6.07, 6.45) is 0. The van der Waals surface area contributed by atoms with Crippen LogP contribution in [0.2, 0.25) is 0 Å². The van der Waals surface area contributed by atoms with Crippen LogP contribution in [0.1, 0.15) is 0 Å². The molecule has 0 unspecified atom stereocenters. The lowest BCUT2D eigenvalue weighted by molar-refractivity contribution is 0.672. The molecule has 0 aliphatic carbocycles. The third-order valence-corrected chi connectivity index (χ3v) is 11.2. The lowest BCUT2D eigenvalue weighted by Gasteiger charge is -2.29. The SMILES string of the molecule is c1ccc(-c2ccccc2N(c2ccc(-c3c(-c4ccccc4)c4ccccc4c4ccccc34)cc2)c2cccc3oc4c5ccccc5ccc4c23)cc1. The summed E-state index contributed by atoms with van der Waals surface area (Å²) in [6.45, 7) is 0. The number of para-hydroxylation sites is 1. The van der Waals surface area contributed by atoms with Gasteiger partial charge in [0.15, 0.2) is 0 Å². The minimum absolute atomic E-state index is 0.864. The summed E-state index contributed by atoms with van der Waals surface area (Å²) in [5.74, 6) is 0. The smallest absolute Gasteiger partial charge is 0.143 e. The van der Waals surface area contributed by atoms with E-state index in [2.05, 4.69) is 217 Å². The number of hydrogen-bond acceptors (Lipinski definition) is 2. The molecule has 56 heavy (non-hydrogen) atoms. The molecule has 0 aliphatic heterocycles. The molecular weight excluding hydrogens is 679 g/mol. The minimum atomic E-state index is 0.864. The van der Waals surface area contributed by atoms with Crippen LogP contribution in [0.15, 0.2) is 217 Å². The quantitative estimate of drug-likeness (QED) is 0.160. The van der Waals surface area contributed by atoms with Gasteiger partial charge in [0, 0.05) is 22.0 Å². The first-order chi connectivity index (χ1) is 27.8. The van der Waals surface area contributed by atoms with Crippen molar-refractivity contribution < 1.29 is 4.42 Å². The fourth-order valence-electron chi connectivity index (χ4n) is 8.78. The first-order valence-corrected chi connectivity index (χ1v) is 19.2. The van der Waals surface area contributed by atoms with E-state index in [1.165, 1.54) is 49.2 Å².